The van der Waals surface area contributed by atoms with Crippen LogP contribution in [0.1, 0.15) is 19.8 Å². The highest BCUT2D eigenvalue weighted by atomic mass is 35.5. The zero-order valence-electron chi connectivity index (χ0n) is 13.9. The van der Waals surface area contributed by atoms with E-state index in [4.69, 9.17) is 39.5 Å². The van der Waals surface area contributed by atoms with Crippen molar-refractivity contribution in [3.63, 3.8) is 0 Å². The highest BCUT2D eigenvalue weighted by Gasteiger charge is 2.12. The number of carbonyl (C=O) groups is 2. The molecule has 2 rings (SSSR count). The van der Waals surface area contributed by atoms with Crippen LogP contribution in [0.5, 0.6) is 5.75 Å². The molecule has 0 fully saturated rings. The molecular weight excluding hydrogens is 399 g/mol. The summed E-state index contributed by atoms with van der Waals surface area (Å²) in [7, 11) is 0. The number of ether oxygens (including phenoxy) is 1. The summed E-state index contributed by atoms with van der Waals surface area (Å²) < 4.78 is 5.39. The van der Waals surface area contributed by atoms with Crippen LogP contribution in [0.2, 0.25) is 15.1 Å². The van der Waals surface area contributed by atoms with E-state index in [0.717, 1.165) is 6.42 Å². The van der Waals surface area contributed by atoms with Crippen molar-refractivity contribution in [1.82, 2.24) is 0 Å². The SMILES string of the molecule is CCCC(=O)Nc1ccccc1NC(=O)COc1cc(Cl)c(Cl)cc1Cl. The Morgan fingerprint density at radius 3 is 2.12 bits per heavy atom. The lowest BCUT2D eigenvalue weighted by atomic mass is 10.2. The van der Waals surface area contributed by atoms with Gasteiger partial charge in [0, 0.05) is 12.5 Å². The first-order valence-electron chi connectivity index (χ1n) is 7.86. The summed E-state index contributed by atoms with van der Waals surface area (Å²) in [5.74, 6) is -0.280. The van der Waals surface area contributed by atoms with Gasteiger partial charge in [-0.3, -0.25) is 9.59 Å². The minimum Gasteiger partial charge on any atom is -0.482 e. The number of rotatable bonds is 7. The van der Waals surface area contributed by atoms with Gasteiger partial charge < -0.3 is 15.4 Å². The predicted molar refractivity (Wildman–Crippen MR) is 106 cm³/mol. The fraction of sp³-hybridized carbons (Fsp3) is 0.222. The van der Waals surface area contributed by atoms with Gasteiger partial charge in [0.1, 0.15) is 5.75 Å². The minimum absolute atomic E-state index is 0.118. The fourth-order valence-electron chi connectivity index (χ4n) is 2.09. The molecule has 0 saturated carbocycles. The van der Waals surface area contributed by atoms with Crippen LogP contribution in [0, 0.1) is 0 Å². The molecule has 0 spiro atoms. The summed E-state index contributed by atoms with van der Waals surface area (Å²) in [6.07, 6.45) is 1.14. The van der Waals surface area contributed by atoms with Crippen molar-refractivity contribution in [2.75, 3.05) is 17.2 Å². The van der Waals surface area contributed by atoms with E-state index in [0.29, 0.717) is 22.8 Å². The number of hydrogen-bond acceptors (Lipinski definition) is 3. The quantitative estimate of drug-likeness (QED) is 0.595. The molecule has 0 bridgehead atoms. The molecule has 2 aromatic rings. The molecule has 0 aliphatic rings. The summed E-state index contributed by atoms with van der Waals surface area (Å²) in [5.41, 5.74) is 0.998. The Morgan fingerprint density at radius 1 is 0.923 bits per heavy atom. The smallest absolute Gasteiger partial charge is 0.262 e. The van der Waals surface area contributed by atoms with E-state index in [-0.39, 0.29) is 28.3 Å². The van der Waals surface area contributed by atoms with Crippen molar-refractivity contribution in [2.45, 2.75) is 19.8 Å². The molecule has 0 unspecified atom stereocenters. The van der Waals surface area contributed by atoms with Gasteiger partial charge in [-0.25, -0.2) is 0 Å². The van der Waals surface area contributed by atoms with Crippen molar-refractivity contribution in [1.29, 1.82) is 0 Å². The first-order chi connectivity index (χ1) is 12.4. The molecule has 2 aromatic carbocycles. The third kappa shape index (κ3) is 5.80. The minimum atomic E-state index is -0.413. The van der Waals surface area contributed by atoms with Gasteiger partial charge in [-0.1, -0.05) is 53.9 Å². The molecule has 0 heterocycles. The molecule has 0 atom stereocenters. The summed E-state index contributed by atoms with van der Waals surface area (Å²) >= 11 is 17.8. The third-order valence-electron chi connectivity index (χ3n) is 3.29. The van der Waals surface area contributed by atoms with Crippen LogP contribution in [0.25, 0.3) is 0 Å². The summed E-state index contributed by atoms with van der Waals surface area (Å²) in [6.45, 7) is 1.63. The first kappa shape index (κ1) is 20.4. The maximum Gasteiger partial charge on any atom is 0.262 e. The number of benzene rings is 2. The Kier molecular flexibility index (Phi) is 7.57. The van der Waals surface area contributed by atoms with Gasteiger partial charge in [0.25, 0.3) is 5.91 Å². The number of amides is 2. The van der Waals surface area contributed by atoms with Crippen LogP contribution in [-0.4, -0.2) is 18.4 Å². The van der Waals surface area contributed by atoms with Gasteiger partial charge in [0.15, 0.2) is 6.61 Å². The molecular formula is C18H17Cl3N2O3. The molecule has 8 heteroatoms. The fourth-order valence-corrected chi connectivity index (χ4v) is 2.68. The molecule has 0 aromatic heterocycles. The lowest BCUT2D eigenvalue weighted by molar-refractivity contribution is -0.118. The van der Waals surface area contributed by atoms with E-state index in [9.17, 15) is 9.59 Å². The highest BCUT2D eigenvalue weighted by molar-refractivity contribution is 6.43. The van der Waals surface area contributed by atoms with Crippen molar-refractivity contribution in [3.05, 3.63) is 51.5 Å². The van der Waals surface area contributed by atoms with Crippen LogP contribution in [0.15, 0.2) is 36.4 Å². The summed E-state index contributed by atoms with van der Waals surface area (Å²) in [6, 6.07) is 9.80. The van der Waals surface area contributed by atoms with Crippen LogP contribution in [0.3, 0.4) is 0 Å². The maximum absolute atomic E-state index is 12.2. The van der Waals surface area contributed by atoms with E-state index >= 15 is 0 Å². The van der Waals surface area contributed by atoms with Gasteiger partial charge in [-0.15, -0.1) is 0 Å². The average molecular weight is 416 g/mol. The molecule has 0 aliphatic heterocycles. The number of nitrogens with one attached hydrogen (secondary N) is 2. The zero-order valence-corrected chi connectivity index (χ0v) is 16.2. The van der Waals surface area contributed by atoms with Gasteiger partial charge in [0.2, 0.25) is 5.91 Å². The van der Waals surface area contributed by atoms with E-state index in [2.05, 4.69) is 10.6 Å². The average Bonchev–Trinajstić information content (AvgIpc) is 2.59. The molecule has 2 amide bonds. The van der Waals surface area contributed by atoms with Gasteiger partial charge in [-0.2, -0.15) is 0 Å². The number of halogens is 3. The largest absolute Gasteiger partial charge is 0.482 e. The maximum atomic E-state index is 12.2. The second kappa shape index (κ2) is 9.67. The van der Waals surface area contributed by atoms with E-state index in [1.165, 1.54) is 12.1 Å². The van der Waals surface area contributed by atoms with E-state index in [1.807, 2.05) is 6.92 Å². The lowest BCUT2D eigenvalue weighted by Crippen LogP contribution is -2.21. The summed E-state index contributed by atoms with van der Waals surface area (Å²) in [4.78, 5) is 23.9. The van der Waals surface area contributed by atoms with Crippen LogP contribution >= 0.6 is 34.8 Å². The monoisotopic (exact) mass is 414 g/mol. The molecule has 5 nitrogen and oxygen atoms in total. The lowest BCUT2D eigenvalue weighted by Gasteiger charge is -2.13. The Balaban J connectivity index is 2.00. The van der Waals surface area contributed by atoms with Gasteiger partial charge in [-0.05, 0) is 24.6 Å². The highest BCUT2D eigenvalue weighted by Crippen LogP contribution is 2.33. The first-order valence-corrected chi connectivity index (χ1v) is 9.00. The third-order valence-corrected chi connectivity index (χ3v) is 4.30. The van der Waals surface area contributed by atoms with Crippen LogP contribution < -0.4 is 15.4 Å². The Bertz CT molecular complexity index is 812. The molecule has 0 aliphatic carbocycles. The molecule has 0 saturated heterocycles. The zero-order chi connectivity index (χ0) is 19.1. The second-order valence-corrected chi connectivity index (χ2v) is 6.60. The Morgan fingerprint density at radius 2 is 1.50 bits per heavy atom. The Labute approximate surface area is 166 Å². The predicted octanol–water partition coefficient (Wildman–Crippen LogP) is 5.40. The van der Waals surface area contributed by atoms with Crippen molar-refractivity contribution >= 4 is 58.0 Å². The number of anilines is 2. The van der Waals surface area contributed by atoms with Crippen LogP contribution in [0.4, 0.5) is 11.4 Å². The standard InChI is InChI=1S/C18H17Cl3N2O3/c1-2-5-17(24)22-14-6-3-4-7-15(14)23-18(25)10-26-16-9-12(20)11(19)8-13(16)21/h3-4,6-9H,2,5,10H2,1H3,(H,22,24)(H,23,25). The topological polar surface area (TPSA) is 67.4 Å². The summed E-state index contributed by atoms with van der Waals surface area (Å²) in [5, 5.41) is 6.28. The van der Waals surface area contributed by atoms with Gasteiger partial charge in [0.05, 0.1) is 26.4 Å². The van der Waals surface area contributed by atoms with E-state index < -0.39 is 5.91 Å². The van der Waals surface area contributed by atoms with Crippen molar-refractivity contribution in [2.24, 2.45) is 0 Å². The van der Waals surface area contributed by atoms with Crippen molar-refractivity contribution in [3.8, 4) is 5.75 Å². The normalized spacial score (nSPS) is 10.3. The van der Waals surface area contributed by atoms with E-state index in [1.54, 1.807) is 24.3 Å². The molecule has 26 heavy (non-hydrogen) atoms. The molecule has 0 radical (unpaired) electrons. The van der Waals surface area contributed by atoms with Crippen molar-refractivity contribution < 1.29 is 14.3 Å². The number of para-hydroxylation sites is 2. The number of hydrogen-bond donors (Lipinski definition) is 2. The number of carbonyl (C=O) groups excluding carboxylic acids is 2. The molecule has 138 valence electrons. The van der Waals surface area contributed by atoms with Crippen LogP contribution in [-0.2, 0) is 9.59 Å². The molecule has 2 N–H and O–H groups in total. The second-order valence-electron chi connectivity index (χ2n) is 5.38. The van der Waals surface area contributed by atoms with Gasteiger partial charge >= 0.3 is 0 Å². The Hall–Kier alpha value is -1.95.